The second-order valence-electron chi connectivity index (χ2n) is 6.97. The summed E-state index contributed by atoms with van der Waals surface area (Å²) < 4.78 is 5.60. The highest BCUT2D eigenvalue weighted by atomic mass is 16.5. The van der Waals surface area contributed by atoms with E-state index in [1.54, 1.807) is 0 Å². The molecular formula is C19H25N3O2. The van der Waals surface area contributed by atoms with E-state index < -0.39 is 0 Å². The first kappa shape index (κ1) is 15.8. The Balaban J connectivity index is 1.66. The van der Waals surface area contributed by atoms with Gasteiger partial charge in [0, 0.05) is 49.5 Å². The van der Waals surface area contributed by atoms with Gasteiger partial charge in [-0.15, -0.1) is 0 Å². The fraction of sp³-hybridized carbons (Fsp3) is 0.526. The molecule has 4 rings (SSSR count). The van der Waals surface area contributed by atoms with Crippen LogP contribution in [0.5, 0.6) is 0 Å². The van der Waals surface area contributed by atoms with Gasteiger partial charge in [-0.2, -0.15) is 0 Å². The van der Waals surface area contributed by atoms with Crippen molar-refractivity contribution in [2.75, 3.05) is 32.8 Å². The molecule has 2 aromatic rings. The lowest BCUT2D eigenvalue weighted by atomic mass is 9.84. The van der Waals surface area contributed by atoms with Crippen molar-refractivity contribution in [3.8, 4) is 0 Å². The molecule has 2 saturated heterocycles. The molecule has 0 amide bonds. The third-order valence-corrected chi connectivity index (χ3v) is 5.61. The fourth-order valence-corrected chi connectivity index (χ4v) is 4.14. The lowest BCUT2D eigenvalue weighted by Gasteiger charge is -2.45. The minimum atomic E-state index is 0.0353. The van der Waals surface area contributed by atoms with Crippen LogP contribution >= 0.6 is 0 Å². The Morgan fingerprint density at radius 2 is 1.96 bits per heavy atom. The molecule has 0 atom stereocenters. The molecule has 128 valence electrons. The molecule has 2 aliphatic rings. The van der Waals surface area contributed by atoms with Gasteiger partial charge >= 0.3 is 0 Å². The van der Waals surface area contributed by atoms with Crippen LogP contribution in [0.1, 0.15) is 24.8 Å². The van der Waals surface area contributed by atoms with Crippen molar-refractivity contribution in [2.24, 2.45) is 0 Å². The molecule has 1 aromatic heterocycles. The summed E-state index contributed by atoms with van der Waals surface area (Å²) in [4.78, 5) is 18.1. The largest absolute Gasteiger partial charge is 0.381 e. The van der Waals surface area contributed by atoms with Gasteiger partial charge < -0.3 is 15.0 Å². The van der Waals surface area contributed by atoms with E-state index in [1.165, 1.54) is 0 Å². The molecule has 2 fully saturated rings. The van der Waals surface area contributed by atoms with Crippen molar-refractivity contribution >= 4 is 10.9 Å². The van der Waals surface area contributed by atoms with Crippen molar-refractivity contribution < 1.29 is 4.74 Å². The van der Waals surface area contributed by atoms with Gasteiger partial charge in [-0.3, -0.25) is 9.69 Å². The monoisotopic (exact) mass is 327 g/mol. The number of pyridine rings is 1. The van der Waals surface area contributed by atoms with Crippen LogP contribution in [0.4, 0.5) is 0 Å². The van der Waals surface area contributed by atoms with Crippen LogP contribution in [0.3, 0.4) is 0 Å². The quantitative estimate of drug-likeness (QED) is 0.884. The van der Waals surface area contributed by atoms with Crippen LogP contribution in [0.15, 0.2) is 35.1 Å². The lowest BCUT2D eigenvalue weighted by molar-refractivity contribution is -0.0309. The lowest BCUT2D eigenvalue weighted by Crippen LogP contribution is -2.52. The van der Waals surface area contributed by atoms with E-state index in [2.05, 4.69) is 27.3 Å². The number of para-hydroxylation sites is 1. The van der Waals surface area contributed by atoms with Crippen molar-refractivity contribution in [1.29, 1.82) is 0 Å². The van der Waals surface area contributed by atoms with E-state index in [1.807, 2.05) is 18.2 Å². The van der Waals surface area contributed by atoms with Gasteiger partial charge in [0.05, 0.1) is 0 Å². The van der Waals surface area contributed by atoms with E-state index in [-0.39, 0.29) is 11.1 Å². The average molecular weight is 327 g/mol. The number of benzene rings is 1. The van der Waals surface area contributed by atoms with Gasteiger partial charge in [0.25, 0.3) is 5.56 Å². The SMILES string of the molecule is O=c1[nH]c2ccccc2cc1CN1CCNCCC12CCOCC2. The van der Waals surface area contributed by atoms with Crippen LogP contribution in [-0.2, 0) is 11.3 Å². The highest BCUT2D eigenvalue weighted by molar-refractivity contribution is 5.78. The van der Waals surface area contributed by atoms with Crippen molar-refractivity contribution in [3.63, 3.8) is 0 Å². The van der Waals surface area contributed by atoms with Gasteiger partial charge in [-0.05, 0) is 43.3 Å². The predicted molar refractivity (Wildman–Crippen MR) is 95.2 cm³/mol. The number of hydrogen-bond donors (Lipinski definition) is 2. The Morgan fingerprint density at radius 1 is 1.12 bits per heavy atom. The summed E-state index contributed by atoms with van der Waals surface area (Å²) in [6, 6.07) is 10.0. The van der Waals surface area contributed by atoms with Crippen molar-refractivity contribution in [1.82, 2.24) is 15.2 Å². The van der Waals surface area contributed by atoms with E-state index in [0.717, 1.165) is 68.6 Å². The molecule has 2 N–H and O–H groups in total. The normalized spacial score (nSPS) is 21.8. The average Bonchev–Trinajstić information content (AvgIpc) is 2.79. The summed E-state index contributed by atoms with van der Waals surface area (Å²) in [6.07, 6.45) is 3.24. The molecule has 0 bridgehead atoms. The third kappa shape index (κ3) is 2.99. The minimum absolute atomic E-state index is 0.0353. The Kier molecular flexibility index (Phi) is 4.39. The number of rotatable bonds is 2. The van der Waals surface area contributed by atoms with Gasteiger partial charge in [0.2, 0.25) is 0 Å². The Morgan fingerprint density at radius 3 is 2.83 bits per heavy atom. The summed E-state index contributed by atoms with van der Waals surface area (Å²) in [7, 11) is 0. The Hall–Kier alpha value is -1.69. The van der Waals surface area contributed by atoms with Gasteiger partial charge in [-0.1, -0.05) is 18.2 Å². The summed E-state index contributed by atoms with van der Waals surface area (Å²) in [5, 5.41) is 4.61. The first-order valence-corrected chi connectivity index (χ1v) is 8.91. The minimum Gasteiger partial charge on any atom is -0.381 e. The highest BCUT2D eigenvalue weighted by Crippen LogP contribution is 2.33. The third-order valence-electron chi connectivity index (χ3n) is 5.61. The first-order chi connectivity index (χ1) is 11.8. The Bertz CT molecular complexity index is 765. The van der Waals surface area contributed by atoms with Crippen LogP contribution in [0.25, 0.3) is 10.9 Å². The van der Waals surface area contributed by atoms with Gasteiger partial charge in [0.1, 0.15) is 0 Å². The summed E-state index contributed by atoms with van der Waals surface area (Å²) in [5.74, 6) is 0. The molecule has 0 saturated carbocycles. The molecule has 1 spiro atoms. The molecule has 2 aliphatic heterocycles. The molecule has 5 heteroatoms. The number of ether oxygens (including phenoxy) is 1. The van der Waals surface area contributed by atoms with Gasteiger partial charge in [-0.25, -0.2) is 0 Å². The zero-order valence-corrected chi connectivity index (χ0v) is 14.0. The molecule has 3 heterocycles. The number of aromatic nitrogens is 1. The molecule has 0 aliphatic carbocycles. The van der Waals surface area contributed by atoms with Crippen LogP contribution in [0.2, 0.25) is 0 Å². The number of hydrogen-bond acceptors (Lipinski definition) is 4. The van der Waals surface area contributed by atoms with Crippen LogP contribution in [0, 0.1) is 0 Å². The summed E-state index contributed by atoms with van der Waals surface area (Å²) in [5.41, 5.74) is 1.97. The topological polar surface area (TPSA) is 57.4 Å². The van der Waals surface area contributed by atoms with Crippen molar-refractivity contribution in [3.05, 3.63) is 46.2 Å². The molecule has 0 radical (unpaired) electrons. The number of nitrogens with zero attached hydrogens (tertiary/aromatic N) is 1. The molecule has 24 heavy (non-hydrogen) atoms. The number of aromatic amines is 1. The maximum Gasteiger partial charge on any atom is 0.252 e. The van der Waals surface area contributed by atoms with Gasteiger partial charge in [0.15, 0.2) is 0 Å². The summed E-state index contributed by atoms with van der Waals surface area (Å²) in [6.45, 7) is 5.36. The first-order valence-electron chi connectivity index (χ1n) is 8.91. The molecule has 5 nitrogen and oxygen atoms in total. The van der Waals surface area contributed by atoms with E-state index in [9.17, 15) is 4.79 Å². The van der Waals surface area contributed by atoms with E-state index in [0.29, 0.717) is 6.54 Å². The maximum atomic E-state index is 12.5. The zero-order chi connectivity index (χ0) is 16.4. The molecule has 0 unspecified atom stereocenters. The van der Waals surface area contributed by atoms with E-state index >= 15 is 0 Å². The highest BCUT2D eigenvalue weighted by Gasteiger charge is 2.39. The molecule has 1 aromatic carbocycles. The van der Waals surface area contributed by atoms with Crippen molar-refractivity contribution in [2.45, 2.75) is 31.3 Å². The number of H-pyrrole nitrogens is 1. The Labute approximate surface area is 142 Å². The predicted octanol–water partition coefficient (Wildman–Crippen LogP) is 1.87. The number of fused-ring (bicyclic) bond motifs is 1. The second-order valence-corrected chi connectivity index (χ2v) is 6.97. The second kappa shape index (κ2) is 6.67. The van der Waals surface area contributed by atoms with Crippen LogP contribution < -0.4 is 10.9 Å². The number of nitrogens with one attached hydrogen (secondary N) is 2. The molecular weight excluding hydrogens is 302 g/mol. The fourth-order valence-electron chi connectivity index (χ4n) is 4.14. The summed E-state index contributed by atoms with van der Waals surface area (Å²) >= 11 is 0. The standard InChI is InChI=1S/C19H25N3O2/c23-18-16(13-15-3-1-2-4-17(15)21-18)14-22-10-9-20-8-5-19(22)6-11-24-12-7-19/h1-4,13,20H,5-12,14H2,(H,21,23). The van der Waals surface area contributed by atoms with Crippen LogP contribution in [-0.4, -0.2) is 48.3 Å². The van der Waals surface area contributed by atoms with E-state index in [4.69, 9.17) is 4.74 Å². The maximum absolute atomic E-state index is 12.5. The zero-order valence-electron chi connectivity index (χ0n) is 14.0. The smallest absolute Gasteiger partial charge is 0.252 e.